The molecular formula is C11H25IN4. The Kier molecular flexibility index (Phi) is 8.09. The summed E-state index contributed by atoms with van der Waals surface area (Å²) in [5.74, 6) is 1.42. The van der Waals surface area contributed by atoms with Gasteiger partial charge in [0, 0.05) is 12.6 Å². The third-order valence-electron chi connectivity index (χ3n) is 2.83. The first kappa shape index (κ1) is 16.0. The third-order valence-corrected chi connectivity index (χ3v) is 2.83. The van der Waals surface area contributed by atoms with Gasteiger partial charge in [-0.15, -0.1) is 24.0 Å². The van der Waals surface area contributed by atoms with Crippen LogP contribution in [0.25, 0.3) is 0 Å². The van der Waals surface area contributed by atoms with Gasteiger partial charge in [0.15, 0.2) is 5.96 Å². The number of nitrogens with zero attached hydrogens (tertiary/aromatic N) is 2. The number of hydrogen-bond donors (Lipinski definition) is 2. The van der Waals surface area contributed by atoms with Crippen LogP contribution in [0.1, 0.15) is 26.2 Å². The number of rotatable bonds is 6. The average Bonchev–Trinajstić information content (AvgIpc) is 2.98. The topological polar surface area (TPSA) is 53.6 Å². The van der Waals surface area contributed by atoms with E-state index >= 15 is 0 Å². The summed E-state index contributed by atoms with van der Waals surface area (Å²) < 4.78 is 0. The summed E-state index contributed by atoms with van der Waals surface area (Å²) in [7, 11) is 4.24. The normalized spacial score (nSPS) is 18.1. The molecule has 0 aromatic rings. The summed E-state index contributed by atoms with van der Waals surface area (Å²) in [6, 6.07) is 0.562. The molecule has 5 heteroatoms. The third kappa shape index (κ3) is 5.89. The van der Waals surface area contributed by atoms with Gasteiger partial charge in [0.1, 0.15) is 0 Å². The Bertz CT molecular complexity index is 212. The van der Waals surface area contributed by atoms with Gasteiger partial charge in [0.2, 0.25) is 0 Å². The molecule has 0 aliphatic heterocycles. The average molecular weight is 340 g/mol. The zero-order chi connectivity index (χ0) is 11.3. The molecule has 0 aromatic carbocycles. The zero-order valence-corrected chi connectivity index (χ0v) is 12.9. The van der Waals surface area contributed by atoms with Crippen LogP contribution in [-0.4, -0.2) is 44.1 Å². The first-order chi connectivity index (χ1) is 7.15. The van der Waals surface area contributed by atoms with Gasteiger partial charge in [-0.3, -0.25) is 4.99 Å². The Morgan fingerprint density at radius 3 is 2.56 bits per heavy atom. The molecule has 96 valence electrons. The molecule has 0 bridgehead atoms. The standard InChI is InChI=1S/C11H24N4.HI/c1-4-7-13-11(12)14-8-10(15(2)3)9-5-6-9;/h9-10H,4-8H2,1-3H3,(H3,12,13,14);1H. The first-order valence-electron chi connectivity index (χ1n) is 5.85. The summed E-state index contributed by atoms with van der Waals surface area (Å²) in [6.45, 7) is 3.85. The van der Waals surface area contributed by atoms with Gasteiger partial charge >= 0.3 is 0 Å². The van der Waals surface area contributed by atoms with Crippen LogP contribution in [-0.2, 0) is 0 Å². The fourth-order valence-electron chi connectivity index (χ4n) is 1.72. The maximum atomic E-state index is 5.75. The molecule has 0 amide bonds. The summed E-state index contributed by atoms with van der Waals surface area (Å²) in [5, 5.41) is 3.10. The fourth-order valence-corrected chi connectivity index (χ4v) is 1.72. The quantitative estimate of drug-likeness (QED) is 0.435. The Labute approximate surface area is 116 Å². The highest BCUT2D eigenvalue weighted by Crippen LogP contribution is 2.34. The molecule has 0 saturated heterocycles. The van der Waals surface area contributed by atoms with Crippen molar-refractivity contribution in [2.45, 2.75) is 32.2 Å². The number of aliphatic imine (C=N–C) groups is 1. The lowest BCUT2D eigenvalue weighted by Crippen LogP contribution is -2.36. The van der Waals surface area contributed by atoms with Crippen LogP contribution in [0.4, 0.5) is 0 Å². The molecule has 1 unspecified atom stereocenters. The molecule has 0 radical (unpaired) electrons. The smallest absolute Gasteiger partial charge is 0.188 e. The van der Waals surface area contributed by atoms with E-state index in [1.165, 1.54) is 12.8 Å². The summed E-state index contributed by atoms with van der Waals surface area (Å²) in [6.07, 6.45) is 3.78. The number of halogens is 1. The molecule has 16 heavy (non-hydrogen) atoms. The monoisotopic (exact) mass is 340 g/mol. The van der Waals surface area contributed by atoms with E-state index in [2.05, 4.69) is 36.2 Å². The van der Waals surface area contributed by atoms with Crippen molar-refractivity contribution in [2.75, 3.05) is 27.2 Å². The van der Waals surface area contributed by atoms with Crippen molar-refractivity contribution in [1.29, 1.82) is 0 Å². The zero-order valence-electron chi connectivity index (χ0n) is 10.6. The molecule has 1 rings (SSSR count). The van der Waals surface area contributed by atoms with Crippen LogP contribution < -0.4 is 11.1 Å². The van der Waals surface area contributed by atoms with Crippen LogP contribution in [0, 0.1) is 5.92 Å². The van der Waals surface area contributed by atoms with Crippen molar-refractivity contribution >= 4 is 29.9 Å². The van der Waals surface area contributed by atoms with Gasteiger partial charge in [-0.2, -0.15) is 0 Å². The lowest BCUT2D eigenvalue weighted by molar-refractivity contribution is 0.271. The van der Waals surface area contributed by atoms with Crippen molar-refractivity contribution in [1.82, 2.24) is 10.2 Å². The maximum Gasteiger partial charge on any atom is 0.188 e. The van der Waals surface area contributed by atoms with Crippen molar-refractivity contribution in [3.63, 3.8) is 0 Å². The Morgan fingerprint density at radius 2 is 2.12 bits per heavy atom. The van der Waals surface area contributed by atoms with Gasteiger partial charge in [-0.1, -0.05) is 6.92 Å². The van der Waals surface area contributed by atoms with Gasteiger partial charge in [0.25, 0.3) is 0 Å². The van der Waals surface area contributed by atoms with Crippen LogP contribution in [0.5, 0.6) is 0 Å². The highest BCUT2D eigenvalue weighted by molar-refractivity contribution is 14.0. The predicted molar refractivity (Wildman–Crippen MR) is 80.4 cm³/mol. The van der Waals surface area contributed by atoms with Crippen LogP contribution in [0.3, 0.4) is 0 Å². The second kappa shape index (κ2) is 8.11. The van der Waals surface area contributed by atoms with Crippen molar-refractivity contribution in [2.24, 2.45) is 16.6 Å². The number of nitrogens with two attached hydrogens (primary N) is 1. The minimum Gasteiger partial charge on any atom is -0.370 e. The van der Waals surface area contributed by atoms with Crippen molar-refractivity contribution in [3.05, 3.63) is 0 Å². The van der Waals surface area contributed by atoms with Gasteiger partial charge in [0.05, 0.1) is 6.54 Å². The summed E-state index contributed by atoms with van der Waals surface area (Å²) in [5.41, 5.74) is 5.75. The lowest BCUT2D eigenvalue weighted by Gasteiger charge is -2.22. The van der Waals surface area contributed by atoms with E-state index in [0.29, 0.717) is 12.0 Å². The number of guanidine groups is 1. The highest BCUT2D eigenvalue weighted by Gasteiger charge is 2.32. The minimum absolute atomic E-state index is 0. The Morgan fingerprint density at radius 1 is 1.50 bits per heavy atom. The van der Waals surface area contributed by atoms with Gasteiger partial charge in [-0.05, 0) is 39.3 Å². The minimum atomic E-state index is 0. The van der Waals surface area contributed by atoms with E-state index in [1.54, 1.807) is 0 Å². The molecule has 0 spiro atoms. The Hall–Kier alpha value is -0.0400. The summed E-state index contributed by atoms with van der Waals surface area (Å²) >= 11 is 0. The molecule has 0 heterocycles. The first-order valence-corrected chi connectivity index (χ1v) is 5.85. The molecule has 1 atom stereocenters. The molecule has 1 saturated carbocycles. The van der Waals surface area contributed by atoms with Gasteiger partial charge < -0.3 is 16.0 Å². The molecular weight excluding hydrogens is 315 g/mol. The maximum absolute atomic E-state index is 5.75. The highest BCUT2D eigenvalue weighted by atomic mass is 127. The van der Waals surface area contributed by atoms with Crippen molar-refractivity contribution in [3.8, 4) is 0 Å². The van der Waals surface area contributed by atoms with Crippen molar-refractivity contribution < 1.29 is 0 Å². The molecule has 4 nitrogen and oxygen atoms in total. The second-order valence-corrected chi connectivity index (χ2v) is 4.52. The molecule has 1 aliphatic carbocycles. The summed E-state index contributed by atoms with van der Waals surface area (Å²) in [4.78, 5) is 6.64. The molecule has 1 aliphatic rings. The van der Waals surface area contributed by atoms with E-state index in [9.17, 15) is 0 Å². The van der Waals surface area contributed by atoms with Crippen LogP contribution in [0.2, 0.25) is 0 Å². The van der Waals surface area contributed by atoms with Crippen LogP contribution >= 0.6 is 24.0 Å². The lowest BCUT2D eigenvalue weighted by atomic mass is 10.2. The second-order valence-electron chi connectivity index (χ2n) is 4.52. The van der Waals surface area contributed by atoms with E-state index in [0.717, 1.165) is 25.4 Å². The number of nitrogens with one attached hydrogen (secondary N) is 1. The largest absolute Gasteiger partial charge is 0.370 e. The molecule has 1 fully saturated rings. The van der Waals surface area contributed by atoms with E-state index < -0.39 is 0 Å². The molecule has 0 aromatic heterocycles. The van der Waals surface area contributed by atoms with E-state index in [4.69, 9.17) is 5.73 Å². The number of hydrogen-bond acceptors (Lipinski definition) is 2. The van der Waals surface area contributed by atoms with E-state index in [-0.39, 0.29) is 24.0 Å². The predicted octanol–water partition coefficient (Wildman–Crippen LogP) is 1.26. The van der Waals surface area contributed by atoms with E-state index in [1.807, 2.05) is 0 Å². The fraction of sp³-hybridized carbons (Fsp3) is 0.909. The van der Waals surface area contributed by atoms with Crippen LogP contribution in [0.15, 0.2) is 4.99 Å². The molecule has 3 N–H and O–H groups in total. The SMILES string of the molecule is CCCNC(N)=NCC(C1CC1)N(C)C.I. The van der Waals surface area contributed by atoms with Gasteiger partial charge in [-0.25, -0.2) is 0 Å². The Balaban J connectivity index is 0.00000225. The number of likely N-dealkylation sites (N-methyl/N-ethyl adjacent to an activating group) is 1.